The lowest BCUT2D eigenvalue weighted by atomic mass is 10.00. The van der Waals surface area contributed by atoms with Gasteiger partial charge in [0.05, 0.1) is 18.2 Å². The van der Waals surface area contributed by atoms with Crippen LogP contribution in [0.5, 0.6) is 0 Å². The number of anilines is 1. The molecule has 0 saturated carbocycles. The average Bonchev–Trinajstić information content (AvgIpc) is 2.80. The monoisotopic (exact) mass is 249 g/mol. The number of nitrogens with zero attached hydrogens (tertiary/aromatic N) is 3. The van der Waals surface area contributed by atoms with Gasteiger partial charge in [0.2, 0.25) is 0 Å². The second-order valence-corrected chi connectivity index (χ2v) is 4.80. The molecule has 2 aliphatic rings. The topological polar surface area (TPSA) is 75.5 Å². The minimum Gasteiger partial charge on any atom is -0.481 e. The van der Waals surface area contributed by atoms with E-state index in [2.05, 4.69) is 9.97 Å². The summed E-state index contributed by atoms with van der Waals surface area (Å²) in [4.78, 5) is 21.2. The molecule has 1 atom stereocenters. The molecule has 3 heterocycles. The van der Waals surface area contributed by atoms with Crippen molar-refractivity contribution in [3.05, 3.63) is 18.1 Å². The van der Waals surface area contributed by atoms with Crippen molar-refractivity contribution in [1.29, 1.82) is 0 Å². The third kappa shape index (κ3) is 2.03. The minimum absolute atomic E-state index is 0.266. The summed E-state index contributed by atoms with van der Waals surface area (Å²) in [5.74, 6) is 0.177. The number of hydrogen-bond donors (Lipinski definition) is 1. The zero-order valence-electron chi connectivity index (χ0n) is 9.95. The highest BCUT2D eigenvalue weighted by Gasteiger charge is 2.33. The van der Waals surface area contributed by atoms with Crippen LogP contribution in [0, 0.1) is 5.92 Å². The van der Waals surface area contributed by atoms with Crippen molar-refractivity contribution >= 4 is 11.8 Å². The molecule has 18 heavy (non-hydrogen) atoms. The van der Waals surface area contributed by atoms with Crippen molar-refractivity contribution in [2.45, 2.75) is 12.3 Å². The summed E-state index contributed by atoms with van der Waals surface area (Å²) in [6.07, 6.45) is 2.55. The molecule has 0 amide bonds. The fraction of sp³-hybridized carbons (Fsp3) is 0.583. The second-order valence-electron chi connectivity index (χ2n) is 4.80. The Bertz CT molecular complexity index is 454. The molecule has 0 bridgehead atoms. The Morgan fingerprint density at radius 3 is 2.94 bits per heavy atom. The van der Waals surface area contributed by atoms with Crippen molar-refractivity contribution in [1.82, 2.24) is 9.97 Å². The third-order valence-corrected chi connectivity index (χ3v) is 3.58. The maximum Gasteiger partial charge on any atom is 0.310 e. The van der Waals surface area contributed by atoms with Crippen LogP contribution in [0.1, 0.15) is 18.0 Å². The number of aromatic nitrogens is 2. The molecular formula is C12H15N3O3. The molecule has 3 rings (SSSR count). The zero-order chi connectivity index (χ0) is 12.5. The predicted octanol–water partition coefficient (Wildman–Crippen LogP) is 0.501. The molecule has 2 fully saturated rings. The van der Waals surface area contributed by atoms with Gasteiger partial charge in [0.25, 0.3) is 0 Å². The lowest BCUT2D eigenvalue weighted by Gasteiger charge is -2.37. The van der Waals surface area contributed by atoms with E-state index in [-0.39, 0.29) is 5.92 Å². The molecule has 1 aromatic heterocycles. The fourth-order valence-electron chi connectivity index (χ4n) is 2.35. The summed E-state index contributed by atoms with van der Waals surface area (Å²) in [7, 11) is 0. The Labute approximate surface area is 105 Å². The summed E-state index contributed by atoms with van der Waals surface area (Å²) in [5, 5.41) is 8.85. The van der Waals surface area contributed by atoms with E-state index >= 15 is 0 Å². The van der Waals surface area contributed by atoms with E-state index in [4.69, 9.17) is 9.84 Å². The van der Waals surface area contributed by atoms with Crippen molar-refractivity contribution in [3.63, 3.8) is 0 Å². The van der Waals surface area contributed by atoms with Crippen LogP contribution in [0.15, 0.2) is 12.4 Å². The van der Waals surface area contributed by atoms with Crippen molar-refractivity contribution in [2.24, 2.45) is 5.92 Å². The van der Waals surface area contributed by atoms with E-state index in [0.717, 1.165) is 24.5 Å². The van der Waals surface area contributed by atoms with E-state index in [1.165, 1.54) is 0 Å². The second kappa shape index (κ2) is 4.53. The summed E-state index contributed by atoms with van der Waals surface area (Å²) >= 11 is 0. The number of carbonyl (C=O) groups is 1. The Kier molecular flexibility index (Phi) is 2.87. The molecular weight excluding hydrogens is 234 g/mol. The molecule has 6 nitrogen and oxygen atoms in total. The third-order valence-electron chi connectivity index (χ3n) is 3.58. The number of aliphatic carboxylic acids is 1. The summed E-state index contributed by atoms with van der Waals surface area (Å²) in [6.45, 7) is 2.57. The SMILES string of the molecule is O=C(O)C1CN(c2cc(C3CCOC3)ncn2)C1. The predicted molar refractivity (Wildman–Crippen MR) is 63.5 cm³/mol. The number of rotatable bonds is 3. The Hall–Kier alpha value is -1.69. The summed E-state index contributed by atoms with van der Waals surface area (Å²) in [5.41, 5.74) is 0.997. The zero-order valence-corrected chi connectivity index (χ0v) is 9.95. The Balaban J connectivity index is 1.70. The summed E-state index contributed by atoms with van der Waals surface area (Å²) < 4.78 is 5.35. The molecule has 96 valence electrons. The van der Waals surface area contributed by atoms with Gasteiger partial charge in [0.15, 0.2) is 0 Å². The maximum atomic E-state index is 10.8. The van der Waals surface area contributed by atoms with Gasteiger partial charge >= 0.3 is 5.97 Å². The standard InChI is InChI=1S/C12H15N3O3/c16-12(17)9-4-15(5-9)11-3-10(13-7-14-11)8-1-2-18-6-8/h3,7-9H,1-2,4-6H2,(H,16,17). The van der Waals surface area contributed by atoms with Crippen molar-refractivity contribution in [3.8, 4) is 0 Å². The highest BCUT2D eigenvalue weighted by Crippen LogP contribution is 2.28. The van der Waals surface area contributed by atoms with Crippen LogP contribution < -0.4 is 4.90 Å². The van der Waals surface area contributed by atoms with Crippen LogP contribution in [0.4, 0.5) is 5.82 Å². The maximum absolute atomic E-state index is 10.8. The molecule has 1 aromatic rings. The van der Waals surface area contributed by atoms with Gasteiger partial charge < -0.3 is 14.7 Å². The number of ether oxygens (including phenoxy) is 1. The first-order valence-electron chi connectivity index (χ1n) is 6.11. The lowest BCUT2D eigenvalue weighted by Crippen LogP contribution is -2.50. The van der Waals surface area contributed by atoms with Gasteiger partial charge in [-0.25, -0.2) is 9.97 Å². The van der Waals surface area contributed by atoms with E-state index in [9.17, 15) is 4.79 Å². The van der Waals surface area contributed by atoms with Gasteiger partial charge in [0, 0.05) is 31.7 Å². The van der Waals surface area contributed by atoms with Gasteiger partial charge in [-0.3, -0.25) is 4.79 Å². The van der Waals surface area contributed by atoms with Gasteiger partial charge in [-0.15, -0.1) is 0 Å². The van der Waals surface area contributed by atoms with Crippen LogP contribution in [0.3, 0.4) is 0 Å². The molecule has 2 aliphatic heterocycles. The fourth-order valence-corrected chi connectivity index (χ4v) is 2.35. The number of carboxylic acid groups (broad SMARTS) is 1. The first-order chi connectivity index (χ1) is 8.74. The largest absolute Gasteiger partial charge is 0.481 e. The minimum atomic E-state index is -0.732. The number of carboxylic acids is 1. The average molecular weight is 249 g/mol. The van der Waals surface area contributed by atoms with E-state index < -0.39 is 5.97 Å². The van der Waals surface area contributed by atoms with Gasteiger partial charge in [0.1, 0.15) is 12.1 Å². The van der Waals surface area contributed by atoms with Crippen molar-refractivity contribution < 1.29 is 14.6 Å². The molecule has 6 heteroatoms. The van der Waals surface area contributed by atoms with Crippen LogP contribution >= 0.6 is 0 Å². The van der Waals surface area contributed by atoms with Gasteiger partial charge in [-0.1, -0.05) is 0 Å². The van der Waals surface area contributed by atoms with Crippen molar-refractivity contribution in [2.75, 3.05) is 31.2 Å². The molecule has 0 spiro atoms. The summed E-state index contributed by atoms with van der Waals surface area (Å²) in [6, 6.07) is 1.96. The molecule has 1 N–H and O–H groups in total. The quantitative estimate of drug-likeness (QED) is 0.840. The van der Waals surface area contributed by atoms with E-state index in [1.807, 2.05) is 11.0 Å². The van der Waals surface area contributed by atoms with E-state index in [0.29, 0.717) is 25.6 Å². The van der Waals surface area contributed by atoms with Crippen LogP contribution in [-0.4, -0.2) is 47.3 Å². The lowest BCUT2D eigenvalue weighted by molar-refractivity contribution is -0.142. The first kappa shape index (κ1) is 11.4. The molecule has 0 radical (unpaired) electrons. The van der Waals surface area contributed by atoms with Gasteiger partial charge in [-0.2, -0.15) is 0 Å². The normalized spacial score (nSPS) is 24.0. The van der Waals surface area contributed by atoms with Crippen LogP contribution in [0.2, 0.25) is 0 Å². The highest BCUT2D eigenvalue weighted by molar-refractivity contribution is 5.74. The Morgan fingerprint density at radius 2 is 2.28 bits per heavy atom. The van der Waals surface area contributed by atoms with E-state index in [1.54, 1.807) is 6.33 Å². The molecule has 1 unspecified atom stereocenters. The molecule has 0 aliphatic carbocycles. The Morgan fingerprint density at radius 1 is 1.44 bits per heavy atom. The molecule has 2 saturated heterocycles. The molecule has 0 aromatic carbocycles. The highest BCUT2D eigenvalue weighted by atomic mass is 16.5. The van der Waals surface area contributed by atoms with Crippen LogP contribution in [0.25, 0.3) is 0 Å². The van der Waals surface area contributed by atoms with Gasteiger partial charge in [-0.05, 0) is 6.42 Å². The first-order valence-corrected chi connectivity index (χ1v) is 6.11. The smallest absolute Gasteiger partial charge is 0.310 e. The number of hydrogen-bond acceptors (Lipinski definition) is 5. The van der Waals surface area contributed by atoms with Crippen LogP contribution in [-0.2, 0) is 9.53 Å².